The van der Waals surface area contributed by atoms with Gasteiger partial charge in [0.1, 0.15) is 5.60 Å². The van der Waals surface area contributed by atoms with Crippen LogP contribution in [0.25, 0.3) is 0 Å². The third-order valence-electron chi connectivity index (χ3n) is 3.97. The van der Waals surface area contributed by atoms with Crippen molar-refractivity contribution in [2.45, 2.75) is 72.3 Å². The molecule has 4 heteroatoms. The summed E-state index contributed by atoms with van der Waals surface area (Å²) in [6.45, 7) is 10.9. The predicted octanol–water partition coefficient (Wildman–Crippen LogP) is 3.69. The molecule has 1 unspecified atom stereocenters. The van der Waals surface area contributed by atoms with Crippen LogP contribution in [0, 0.1) is 5.41 Å². The van der Waals surface area contributed by atoms with Crippen LogP contribution in [0.4, 0.5) is 0 Å². The third kappa shape index (κ3) is 4.51. The fraction of sp³-hybridized carbons (Fsp3) is 0.867. The first-order valence-electron chi connectivity index (χ1n) is 7.24. The van der Waals surface area contributed by atoms with Crippen molar-refractivity contribution in [3.63, 3.8) is 0 Å². The highest BCUT2D eigenvalue weighted by atomic mass is 16.7. The number of carbonyl (C=O) groups excluding carboxylic acids is 1. The zero-order chi connectivity index (χ0) is 14.5. The number of rotatable bonds is 7. The maximum atomic E-state index is 11.3. The fourth-order valence-electron chi connectivity index (χ4n) is 2.12. The topological polar surface area (TPSA) is 47.9 Å². The minimum absolute atomic E-state index is 0.0961. The molecule has 0 bridgehead atoms. The first-order chi connectivity index (χ1) is 8.83. The average Bonchev–Trinajstić information content (AvgIpc) is 2.73. The lowest BCUT2D eigenvalue weighted by Crippen LogP contribution is -2.29. The smallest absolute Gasteiger partial charge is 0.305 e. The molecule has 0 radical (unpaired) electrons. The molecule has 0 spiro atoms. The molecule has 0 amide bonds. The molecule has 0 aromatic heterocycles. The van der Waals surface area contributed by atoms with Crippen LogP contribution in [0.15, 0.2) is 5.16 Å². The Morgan fingerprint density at radius 3 is 2.74 bits per heavy atom. The van der Waals surface area contributed by atoms with Crippen LogP contribution in [0.5, 0.6) is 0 Å². The third-order valence-corrected chi connectivity index (χ3v) is 3.97. The summed E-state index contributed by atoms with van der Waals surface area (Å²) < 4.78 is 4.92. The molecule has 0 saturated carbocycles. The molecule has 1 heterocycles. The zero-order valence-corrected chi connectivity index (χ0v) is 12.9. The van der Waals surface area contributed by atoms with E-state index in [9.17, 15) is 4.79 Å². The summed E-state index contributed by atoms with van der Waals surface area (Å²) in [5, 5.41) is 4.27. The molecule has 0 aromatic rings. The highest BCUT2D eigenvalue weighted by Gasteiger charge is 2.39. The minimum Gasteiger partial charge on any atom is -0.466 e. The summed E-state index contributed by atoms with van der Waals surface area (Å²) in [4.78, 5) is 16.9. The van der Waals surface area contributed by atoms with Gasteiger partial charge in [-0.2, -0.15) is 0 Å². The Labute approximate surface area is 116 Å². The first-order valence-corrected chi connectivity index (χ1v) is 7.24. The van der Waals surface area contributed by atoms with Gasteiger partial charge in [0.25, 0.3) is 0 Å². The normalized spacial score (nSPS) is 22.9. The quantitative estimate of drug-likeness (QED) is 0.662. The van der Waals surface area contributed by atoms with Gasteiger partial charge in [0.2, 0.25) is 0 Å². The van der Waals surface area contributed by atoms with Gasteiger partial charge in [0.05, 0.1) is 12.3 Å². The molecule has 1 aliphatic rings. The molecule has 0 saturated heterocycles. The lowest BCUT2D eigenvalue weighted by atomic mass is 9.79. The second-order valence-electron chi connectivity index (χ2n) is 6.15. The number of oxime groups is 1. The summed E-state index contributed by atoms with van der Waals surface area (Å²) in [5.74, 6) is -0.126. The monoisotopic (exact) mass is 269 g/mol. The van der Waals surface area contributed by atoms with E-state index in [1.807, 2.05) is 6.92 Å². The van der Waals surface area contributed by atoms with Crippen LogP contribution in [0.3, 0.4) is 0 Å². The van der Waals surface area contributed by atoms with Crippen molar-refractivity contribution in [3.8, 4) is 0 Å². The van der Waals surface area contributed by atoms with Gasteiger partial charge >= 0.3 is 5.97 Å². The Morgan fingerprint density at radius 2 is 2.16 bits per heavy atom. The molecule has 0 aromatic carbocycles. The van der Waals surface area contributed by atoms with E-state index in [1.54, 1.807) is 0 Å². The Balaban J connectivity index is 2.39. The number of hydrogen-bond acceptors (Lipinski definition) is 4. The van der Waals surface area contributed by atoms with Crippen molar-refractivity contribution < 1.29 is 14.4 Å². The number of ether oxygens (including phenoxy) is 1. The Kier molecular flexibility index (Phi) is 5.39. The van der Waals surface area contributed by atoms with Crippen LogP contribution in [-0.4, -0.2) is 23.9 Å². The van der Waals surface area contributed by atoms with E-state index in [2.05, 4.69) is 32.9 Å². The number of nitrogens with zero attached hydrogens (tertiary/aromatic N) is 1. The Morgan fingerprint density at radius 1 is 1.47 bits per heavy atom. The van der Waals surface area contributed by atoms with Crippen molar-refractivity contribution in [1.82, 2.24) is 0 Å². The summed E-state index contributed by atoms with van der Waals surface area (Å²) in [7, 11) is 0. The van der Waals surface area contributed by atoms with Crippen LogP contribution < -0.4 is 0 Å². The maximum Gasteiger partial charge on any atom is 0.305 e. The average molecular weight is 269 g/mol. The zero-order valence-electron chi connectivity index (χ0n) is 12.9. The molecular formula is C15H27NO3. The van der Waals surface area contributed by atoms with Gasteiger partial charge in [-0.05, 0) is 33.1 Å². The van der Waals surface area contributed by atoms with Gasteiger partial charge in [-0.25, -0.2) is 0 Å². The molecule has 19 heavy (non-hydrogen) atoms. The molecular weight excluding hydrogens is 242 g/mol. The van der Waals surface area contributed by atoms with E-state index < -0.39 is 0 Å². The van der Waals surface area contributed by atoms with E-state index in [1.165, 1.54) is 0 Å². The van der Waals surface area contributed by atoms with E-state index in [4.69, 9.17) is 9.57 Å². The maximum absolute atomic E-state index is 11.3. The molecule has 1 atom stereocenters. The van der Waals surface area contributed by atoms with Gasteiger partial charge in [-0.3, -0.25) is 4.79 Å². The lowest BCUT2D eigenvalue weighted by molar-refractivity contribution is -0.143. The molecule has 0 aliphatic carbocycles. The van der Waals surface area contributed by atoms with Gasteiger partial charge in [-0.15, -0.1) is 0 Å². The highest BCUT2D eigenvalue weighted by Crippen LogP contribution is 2.36. The van der Waals surface area contributed by atoms with Crippen LogP contribution >= 0.6 is 0 Å². The number of esters is 1. The van der Waals surface area contributed by atoms with Gasteiger partial charge < -0.3 is 9.57 Å². The molecule has 4 nitrogen and oxygen atoms in total. The largest absolute Gasteiger partial charge is 0.466 e. The van der Waals surface area contributed by atoms with E-state index in [0.717, 1.165) is 31.4 Å². The Bertz CT molecular complexity index is 349. The molecule has 1 rings (SSSR count). The SMILES string of the molecule is CCOC(=O)CCCC1(C)CC(C(C)(C)CC)=NO1. The van der Waals surface area contributed by atoms with Gasteiger partial charge in [0, 0.05) is 18.3 Å². The summed E-state index contributed by atoms with van der Waals surface area (Å²) >= 11 is 0. The van der Waals surface area contributed by atoms with Crippen LogP contribution in [0.2, 0.25) is 0 Å². The number of hydrogen-bond donors (Lipinski definition) is 0. The molecule has 0 N–H and O–H groups in total. The summed E-state index contributed by atoms with van der Waals surface area (Å²) in [6, 6.07) is 0. The minimum atomic E-state index is -0.256. The van der Waals surface area contributed by atoms with Crippen molar-refractivity contribution in [1.29, 1.82) is 0 Å². The van der Waals surface area contributed by atoms with Crippen molar-refractivity contribution in [2.75, 3.05) is 6.61 Å². The van der Waals surface area contributed by atoms with Gasteiger partial charge in [0.15, 0.2) is 0 Å². The van der Waals surface area contributed by atoms with Crippen LogP contribution in [-0.2, 0) is 14.4 Å². The van der Waals surface area contributed by atoms with Gasteiger partial charge in [-0.1, -0.05) is 25.9 Å². The standard InChI is InChI=1S/C15H27NO3/c1-6-14(3,4)12-11-15(5,19-16-12)10-8-9-13(17)18-7-2/h6-11H2,1-5H3. The Hall–Kier alpha value is -1.06. The second kappa shape index (κ2) is 6.40. The van der Waals surface area contributed by atoms with E-state index >= 15 is 0 Å². The van der Waals surface area contributed by atoms with Crippen LogP contribution in [0.1, 0.15) is 66.7 Å². The number of carbonyl (C=O) groups is 1. The highest BCUT2D eigenvalue weighted by molar-refractivity contribution is 5.90. The van der Waals surface area contributed by atoms with E-state index in [0.29, 0.717) is 13.0 Å². The van der Waals surface area contributed by atoms with E-state index in [-0.39, 0.29) is 17.0 Å². The predicted molar refractivity (Wildman–Crippen MR) is 76.1 cm³/mol. The molecule has 110 valence electrons. The summed E-state index contributed by atoms with van der Waals surface area (Å²) in [5.41, 5.74) is 0.973. The molecule has 1 aliphatic heterocycles. The first kappa shape index (κ1) is 16.0. The van der Waals surface area contributed by atoms with Crippen molar-refractivity contribution >= 4 is 11.7 Å². The lowest BCUT2D eigenvalue weighted by Gasteiger charge is -2.25. The molecule has 0 fully saturated rings. The second-order valence-corrected chi connectivity index (χ2v) is 6.15. The van der Waals surface area contributed by atoms with Crippen molar-refractivity contribution in [2.24, 2.45) is 10.6 Å². The van der Waals surface area contributed by atoms with Crippen molar-refractivity contribution in [3.05, 3.63) is 0 Å². The fourth-order valence-corrected chi connectivity index (χ4v) is 2.12. The summed E-state index contributed by atoms with van der Waals surface area (Å²) in [6.07, 6.45) is 3.98.